The van der Waals surface area contributed by atoms with Crippen LogP contribution in [0.3, 0.4) is 0 Å². The minimum absolute atomic E-state index is 0.0918. The van der Waals surface area contributed by atoms with Gasteiger partial charge in [0.25, 0.3) is 5.91 Å². The second-order valence-corrected chi connectivity index (χ2v) is 4.67. The topological polar surface area (TPSA) is 90.6 Å². The van der Waals surface area contributed by atoms with Gasteiger partial charge in [-0.2, -0.15) is 0 Å². The number of hydrogen-bond acceptors (Lipinski definition) is 5. The lowest BCUT2D eigenvalue weighted by molar-refractivity contribution is -0.144. The van der Waals surface area contributed by atoms with E-state index < -0.39 is 17.9 Å². The predicted octanol–water partition coefficient (Wildman–Crippen LogP) is 1.20. The number of anilines is 1. The highest BCUT2D eigenvalue weighted by Crippen LogP contribution is 2.20. The summed E-state index contributed by atoms with van der Waals surface area (Å²) in [6.07, 6.45) is 0. The molecule has 6 nitrogen and oxygen atoms in total. The summed E-state index contributed by atoms with van der Waals surface area (Å²) in [6, 6.07) is 4.03. The number of esters is 1. The van der Waals surface area contributed by atoms with Crippen molar-refractivity contribution in [3.63, 3.8) is 0 Å². The van der Waals surface area contributed by atoms with E-state index in [-0.39, 0.29) is 11.6 Å². The zero-order valence-corrected chi connectivity index (χ0v) is 12.1. The Morgan fingerprint density at radius 2 is 1.90 bits per heavy atom. The molecule has 110 valence electrons. The predicted molar refractivity (Wildman–Crippen MR) is 75.5 cm³/mol. The van der Waals surface area contributed by atoms with Crippen molar-refractivity contribution in [3.8, 4) is 5.75 Å². The zero-order valence-electron chi connectivity index (χ0n) is 12.1. The first-order chi connectivity index (χ1) is 9.40. The number of nitrogens with two attached hydrogens (primary N) is 1. The zero-order chi connectivity index (χ0) is 15.3. The van der Waals surface area contributed by atoms with E-state index in [9.17, 15) is 9.59 Å². The number of methoxy groups -OCH3 is 2. The quantitative estimate of drug-likeness (QED) is 0.625. The van der Waals surface area contributed by atoms with Gasteiger partial charge in [-0.15, -0.1) is 0 Å². The Balaban J connectivity index is 2.92. The Morgan fingerprint density at radius 1 is 1.25 bits per heavy atom. The molecule has 0 aromatic heterocycles. The van der Waals surface area contributed by atoms with Gasteiger partial charge in [0, 0.05) is 11.8 Å². The summed E-state index contributed by atoms with van der Waals surface area (Å²) in [5.41, 5.74) is 6.38. The number of ether oxygens (including phenoxy) is 2. The number of nitrogen functional groups attached to an aromatic ring is 1. The third kappa shape index (κ3) is 3.63. The van der Waals surface area contributed by atoms with Gasteiger partial charge < -0.3 is 20.5 Å². The molecule has 0 bridgehead atoms. The molecule has 1 aromatic carbocycles. The summed E-state index contributed by atoms with van der Waals surface area (Å²) in [4.78, 5) is 23.8. The number of carbonyl (C=O) groups is 2. The van der Waals surface area contributed by atoms with Crippen molar-refractivity contribution in [2.24, 2.45) is 5.92 Å². The monoisotopic (exact) mass is 280 g/mol. The smallest absolute Gasteiger partial charge is 0.328 e. The fourth-order valence-corrected chi connectivity index (χ4v) is 1.72. The molecule has 0 fully saturated rings. The third-order valence-corrected chi connectivity index (χ3v) is 2.91. The standard InChI is InChI=1S/C14H20N2O4/c1-8(2)12(14(18)20-4)16-13(17)10-6-5-9(19-3)7-11(10)15/h5-8,12H,15H2,1-4H3,(H,16,17). The van der Waals surface area contributed by atoms with Crippen molar-refractivity contribution in [2.75, 3.05) is 20.0 Å². The van der Waals surface area contributed by atoms with Gasteiger partial charge in [0.1, 0.15) is 11.8 Å². The highest BCUT2D eigenvalue weighted by atomic mass is 16.5. The first-order valence-corrected chi connectivity index (χ1v) is 6.23. The van der Waals surface area contributed by atoms with E-state index in [1.165, 1.54) is 14.2 Å². The lowest BCUT2D eigenvalue weighted by atomic mass is 10.0. The van der Waals surface area contributed by atoms with Gasteiger partial charge in [-0.05, 0) is 18.1 Å². The van der Waals surface area contributed by atoms with Crippen molar-refractivity contribution in [2.45, 2.75) is 19.9 Å². The Morgan fingerprint density at radius 3 is 2.35 bits per heavy atom. The molecule has 1 aromatic rings. The Hall–Kier alpha value is -2.24. The van der Waals surface area contributed by atoms with Gasteiger partial charge in [0.05, 0.1) is 19.8 Å². The number of hydrogen-bond donors (Lipinski definition) is 2. The molecule has 0 aliphatic rings. The first-order valence-electron chi connectivity index (χ1n) is 6.23. The van der Waals surface area contributed by atoms with Crippen molar-refractivity contribution >= 4 is 17.6 Å². The molecular weight excluding hydrogens is 260 g/mol. The van der Waals surface area contributed by atoms with E-state index >= 15 is 0 Å². The van der Waals surface area contributed by atoms with Gasteiger partial charge >= 0.3 is 5.97 Å². The van der Waals surface area contributed by atoms with Gasteiger partial charge in [-0.1, -0.05) is 13.8 Å². The molecule has 6 heteroatoms. The van der Waals surface area contributed by atoms with Crippen molar-refractivity contribution in [3.05, 3.63) is 23.8 Å². The van der Waals surface area contributed by atoms with Gasteiger partial charge in [-0.25, -0.2) is 4.79 Å². The lowest BCUT2D eigenvalue weighted by Gasteiger charge is -2.20. The molecule has 0 radical (unpaired) electrons. The minimum atomic E-state index is -0.714. The third-order valence-electron chi connectivity index (χ3n) is 2.91. The van der Waals surface area contributed by atoms with Crippen molar-refractivity contribution in [1.29, 1.82) is 0 Å². The molecule has 20 heavy (non-hydrogen) atoms. The molecule has 0 heterocycles. The molecule has 0 aliphatic heterocycles. The number of benzene rings is 1. The Kier molecular flexibility index (Phi) is 5.37. The summed E-state index contributed by atoms with van der Waals surface area (Å²) < 4.78 is 9.69. The van der Waals surface area contributed by atoms with E-state index in [0.717, 1.165) is 0 Å². The van der Waals surface area contributed by atoms with Crippen molar-refractivity contribution in [1.82, 2.24) is 5.32 Å². The molecule has 1 amide bonds. The summed E-state index contributed by atoms with van der Waals surface area (Å²) in [5.74, 6) is -0.437. The average Bonchev–Trinajstić information content (AvgIpc) is 2.43. The van der Waals surface area contributed by atoms with Crippen LogP contribution in [0.25, 0.3) is 0 Å². The second-order valence-electron chi connectivity index (χ2n) is 4.67. The molecule has 1 atom stereocenters. The van der Waals surface area contributed by atoms with Crippen LogP contribution in [0.5, 0.6) is 5.75 Å². The Labute approximate surface area is 118 Å². The van der Waals surface area contributed by atoms with E-state index in [4.69, 9.17) is 10.5 Å². The minimum Gasteiger partial charge on any atom is -0.497 e. The maximum Gasteiger partial charge on any atom is 0.328 e. The van der Waals surface area contributed by atoms with Crippen LogP contribution in [-0.2, 0) is 9.53 Å². The maximum atomic E-state index is 12.2. The van der Waals surface area contributed by atoms with Crippen LogP contribution in [0.2, 0.25) is 0 Å². The lowest BCUT2D eigenvalue weighted by Crippen LogP contribution is -2.45. The summed E-state index contributed by atoms with van der Waals surface area (Å²) >= 11 is 0. The van der Waals surface area contributed by atoms with Gasteiger partial charge in [0.2, 0.25) is 0 Å². The summed E-state index contributed by atoms with van der Waals surface area (Å²) in [5, 5.41) is 2.63. The Bertz CT molecular complexity index is 500. The van der Waals surface area contributed by atoms with Crippen LogP contribution < -0.4 is 15.8 Å². The number of carbonyl (C=O) groups excluding carboxylic acids is 2. The molecule has 1 unspecified atom stereocenters. The fourth-order valence-electron chi connectivity index (χ4n) is 1.72. The summed E-state index contributed by atoms with van der Waals surface area (Å²) in [6.45, 7) is 3.64. The normalized spacial score (nSPS) is 11.8. The molecule has 0 saturated carbocycles. The maximum absolute atomic E-state index is 12.2. The highest BCUT2D eigenvalue weighted by Gasteiger charge is 2.26. The van der Waals surface area contributed by atoms with E-state index in [2.05, 4.69) is 10.1 Å². The van der Waals surface area contributed by atoms with Crippen LogP contribution in [-0.4, -0.2) is 32.1 Å². The summed E-state index contributed by atoms with van der Waals surface area (Å²) in [7, 11) is 2.80. The first kappa shape index (κ1) is 15.8. The van der Waals surface area contributed by atoms with Crippen LogP contribution in [0, 0.1) is 5.92 Å². The number of nitrogens with one attached hydrogen (secondary N) is 1. The second kappa shape index (κ2) is 6.79. The van der Waals surface area contributed by atoms with Crippen LogP contribution >= 0.6 is 0 Å². The van der Waals surface area contributed by atoms with Crippen LogP contribution in [0.4, 0.5) is 5.69 Å². The molecule has 3 N–H and O–H groups in total. The van der Waals surface area contributed by atoms with Crippen LogP contribution in [0.1, 0.15) is 24.2 Å². The number of amides is 1. The SMILES string of the molecule is COC(=O)C(NC(=O)c1ccc(OC)cc1N)C(C)C. The van der Waals surface area contributed by atoms with Crippen molar-refractivity contribution < 1.29 is 19.1 Å². The highest BCUT2D eigenvalue weighted by molar-refractivity contribution is 6.01. The largest absolute Gasteiger partial charge is 0.497 e. The molecule has 0 saturated heterocycles. The van der Waals surface area contributed by atoms with E-state index in [0.29, 0.717) is 11.3 Å². The fraction of sp³-hybridized carbons (Fsp3) is 0.429. The van der Waals surface area contributed by atoms with Gasteiger partial charge in [-0.3, -0.25) is 4.79 Å². The van der Waals surface area contributed by atoms with Crippen LogP contribution in [0.15, 0.2) is 18.2 Å². The molecule has 0 spiro atoms. The molecular formula is C14H20N2O4. The van der Waals surface area contributed by atoms with Gasteiger partial charge in [0.15, 0.2) is 0 Å². The average molecular weight is 280 g/mol. The molecule has 0 aliphatic carbocycles. The molecule has 1 rings (SSSR count). The number of rotatable bonds is 5. The van der Waals surface area contributed by atoms with E-state index in [1.807, 2.05) is 13.8 Å². The van der Waals surface area contributed by atoms with E-state index in [1.54, 1.807) is 18.2 Å².